The van der Waals surface area contributed by atoms with E-state index in [-0.39, 0.29) is 41.5 Å². The first-order valence-corrected chi connectivity index (χ1v) is 9.04. The predicted octanol–water partition coefficient (Wildman–Crippen LogP) is 1.42. The zero-order valence-corrected chi connectivity index (χ0v) is 17.9. The third-order valence-corrected chi connectivity index (χ3v) is 4.43. The summed E-state index contributed by atoms with van der Waals surface area (Å²) in [5.41, 5.74) is 0.0420. The Morgan fingerprint density at radius 2 is 2.15 bits per heavy atom. The molecule has 26 heavy (non-hydrogen) atoms. The monoisotopic (exact) mass is 475 g/mol. The van der Waals surface area contributed by atoms with Crippen LogP contribution in [-0.4, -0.2) is 54.1 Å². The highest BCUT2D eigenvalue weighted by Crippen LogP contribution is 2.10. The minimum absolute atomic E-state index is 0. The standard InChI is InChI=1S/C18H29N5O2.HI/c1-3-16(24)23-13-9-15(14-23)21-18(19-2)20-10-5-7-12-22-11-6-4-8-17(22)25;/h4,6,8,11,15H,3,5,7,9-10,12-14H2,1-2H3,(H2,19,20,21);1H. The number of guanidine groups is 1. The molecule has 1 aliphatic rings. The van der Waals surface area contributed by atoms with Gasteiger partial charge < -0.3 is 20.1 Å². The number of carbonyl (C=O) groups excluding carboxylic acids is 1. The van der Waals surface area contributed by atoms with E-state index >= 15 is 0 Å². The van der Waals surface area contributed by atoms with E-state index in [0.29, 0.717) is 6.42 Å². The average Bonchev–Trinajstić information content (AvgIpc) is 3.09. The van der Waals surface area contributed by atoms with Crippen molar-refractivity contribution in [1.82, 2.24) is 20.1 Å². The van der Waals surface area contributed by atoms with Gasteiger partial charge in [-0.3, -0.25) is 14.6 Å². The molecular formula is C18H30IN5O2. The van der Waals surface area contributed by atoms with Crippen molar-refractivity contribution in [3.8, 4) is 0 Å². The molecular weight excluding hydrogens is 445 g/mol. The first kappa shape index (κ1) is 22.5. The second kappa shape index (κ2) is 11.9. The first-order chi connectivity index (χ1) is 12.1. The summed E-state index contributed by atoms with van der Waals surface area (Å²) >= 11 is 0. The van der Waals surface area contributed by atoms with Crippen molar-refractivity contribution in [2.75, 3.05) is 26.7 Å². The van der Waals surface area contributed by atoms with Gasteiger partial charge in [-0.1, -0.05) is 13.0 Å². The van der Waals surface area contributed by atoms with Crippen LogP contribution in [0, 0.1) is 0 Å². The summed E-state index contributed by atoms with van der Waals surface area (Å²) in [4.78, 5) is 29.5. The Morgan fingerprint density at radius 1 is 1.35 bits per heavy atom. The van der Waals surface area contributed by atoms with Crippen LogP contribution in [0.25, 0.3) is 0 Å². The lowest BCUT2D eigenvalue weighted by Gasteiger charge is -2.18. The Labute approximate surface area is 172 Å². The molecule has 1 aromatic rings. The minimum atomic E-state index is 0. The van der Waals surface area contributed by atoms with Crippen molar-refractivity contribution >= 4 is 35.8 Å². The SMILES string of the molecule is CCC(=O)N1CCC(NC(=NC)NCCCCn2ccccc2=O)C1.I. The number of pyridine rings is 1. The first-order valence-electron chi connectivity index (χ1n) is 9.04. The van der Waals surface area contributed by atoms with Crippen LogP contribution in [0.3, 0.4) is 0 Å². The van der Waals surface area contributed by atoms with Crippen LogP contribution in [0.2, 0.25) is 0 Å². The summed E-state index contributed by atoms with van der Waals surface area (Å²) in [6.07, 6.45) is 5.20. The summed E-state index contributed by atoms with van der Waals surface area (Å²) in [7, 11) is 1.75. The number of rotatable bonds is 7. The molecule has 146 valence electrons. The van der Waals surface area contributed by atoms with Crippen molar-refractivity contribution in [1.29, 1.82) is 0 Å². The van der Waals surface area contributed by atoms with E-state index in [2.05, 4.69) is 15.6 Å². The van der Waals surface area contributed by atoms with E-state index in [0.717, 1.165) is 51.4 Å². The van der Waals surface area contributed by atoms with Crippen molar-refractivity contribution < 1.29 is 4.79 Å². The fourth-order valence-electron chi connectivity index (χ4n) is 2.98. The molecule has 1 amide bonds. The number of likely N-dealkylation sites (tertiary alicyclic amines) is 1. The minimum Gasteiger partial charge on any atom is -0.356 e. The predicted molar refractivity (Wildman–Crippen MR) is 115 cm³/mol. The Hall–Kier alpha value is -1.58. The van der Waals surface area contributed by atoms with Gasteiger partial charge in [-0.05, 0) is 25.3 Å². The number of carbonyl (C=O) groups is 1. The molecule has 2 heterocycles. The van der Waals surface area contributed by atoms with Crippen molar-refractivity contribution in [2.45, 2.75) is 45.2 Å². The van der Waals surface area contributed by atoms with Gasteiger partial charge in [-0.2, -0.15) is 0 Å². The summed E-state index contributed by atoms with van der Waals surface area (Å²) < 4.78 is 1.73. The molecule has 1 fully saturated rings. The number of unbranched alkanes of at least 4 members (excludes halogenated alkanes) is 1. The number of aliphatic imine (C=N–C) groups is 1. The highest BCUT2D eigenvalue weighted by atomic mass is 127. The number of hydrogen-bond acceptors (Lipinski definition) is 3. The van der Waals surface area contributed by atoms with Gasteiger partial charge >= 0.3 is 0 Å². The number of aromatic nitrogens is 1. The Morgan fingerprint density at radius 3 is 2.85 bits per heavy atom. The molecule has 1 aromatic heterocycles. The van der Waals surface area contributed by atoms with Crippen LogP contribution < -0.4 is 16.2 Å². The van der Waals surface area contributed by atoms with Gasteiger partial charge in [0.25, 0.3) is 0 Å². The van der Waals surface area contributed by atoms with E-state index in [1.807, 2.05) is 24.1 Å². The molecule has 7 nitrogen and oxygen atoms in total. The largest absolute Gasteiger partial charge is 0.356 e. The number of aryl methyl sites for hydroxylation is 1. The fraction of sp³-hybridized carbons (Fsp3) is 0.611. The number of hydrogen-bond donors (Lipinski definition) is 2. The molecule has 0 aromatic carbocycles. The van der Waals surface area contributed by atoms with Crippen molar-refractivity contribution in [2.24, 2.45) is 4.99 Å². The number of amides is 1. The maximum absolute atomic E-state index is 11.7. The molecule has 1 atom stereocenters. The van der Waals surface area contributed by atoms with Gasteiger partial charge in [0.05, 0.1) is 0 Å². The lowest BCUT2D eigenvalue weighted by atomic mass is 10.2. The molecule has 8 heteroatoms. The van der Waals surface area contributed by atoms with Crippen LogP contribution in [-0.2, 0) is 11.3 Å². The Kier molecular flexibility index (Phi) is 10.3. The quantitative estimate of drug-likeness (QED) is 0.271. The van der Waals surface area contributed by atoms with Gasteiger partial charge in [0, 0.05) is 58.0 Å². The second-order valence-corrected chi connectivity index (χ2v) is 6.26. The highest BCUT2D eigenvalue weighted by molar-refractivity contribution is 14.0. The maximum atomic E-state index is 11.7. The summed E-state index contributed by atoms with van der Waals surface area (Å²) in [5, 5.41) is 6.69. The van der Waals surface area contributed by atoms with Crippen LogP contribution in [0.5, 0.6) is 0 Å². The van der Waals surface area contributed by atoms with Gasteiger partial charge in [-0.25, -0.2) is 0 Å². The second-order valence-electron chi connectivity index (χ2n) is 6.26. The molecule has 0 radical (unpaired) electrons. The molecule has 1 aliphatic heterocycles. The van der Waals surface area contributed by atoms with Gasteiger partial charge in [-0.15, -0.1) is 24.0 Å². The van der Waals surface area contributed by atoms with Gasteiger partial charge in [0.15, 0.2) is 5.96 Å². The maximum Gasteiger partial charge on any atom is 0.250 e. The number of halogens is 1. The zero-order chi connectivity index (χ0) is 18.1. The van der Waals surface area contributed by atoms with Crippen LogP contribution in [0.1, 0.15) is 32.6 Å². The summed E-state index contributed by atoms with van der Waals surface area (Å²) in [6, 6.07) is 5.47. The van der Waals surface area contributed by atoms with Crippen LogP contribution in [0.15, 0.2) is 34.2 Å². The van der Waals surface area contributed by atoms with Gasteiger partial charge in [0.2, 0.25) is 11.5 Å². The molecule has 0 bridgehead atoms. The van der Waals surface area contributed by atoms with E-state index in [1.54, 1.807) is 23.7 Å². The number of nitrogens with one attached hydrogen (secondary N) is 2. The molecule has 1 saturated heterocycles. The summed E-state index contributed by atoms with van der Waals surface area (Å²) in [5.74, 6) is 0.982. The molecule has 0 aliphatic carbocycles. The molecule has 0 spiro atoms. The van der Waals surface area contributed by atoms with E-state index in [1.165, 1.54) is 0 Å². The van der Waals surface area contributed by atoms with E-state index < -0.39 is 0 Å². The van der Waals surface area contributed by atoms with Gasteiger partial charge in [0.1, 0.15) is 0 Å². The van der Waals surface area contributed by atoms with Crippen molar-refractivity contribution in [3.63, 3.8) is 0 Å². The third-order valence-electron chi connectivity index (χ3n) is 4.43. The Bertz CT molecular complexity index is 646. The fourth-order valence-corrected chi connectivity index (χ4v) is 2.98. The molecule has 1 unspecified atom stereocenters. The Balaban J connectivity index is 0.00000338. The van der Waals surface area contributed by atoms with Crippen LogP contribution in [0.4, 0.5) is 0 Å². The average molecular weight is 475 g/mol. The number of nitrogens with zero attached hydrogens (tertiary/aromatic N) is 3. The smallest absolute Gasteiger partial charge is 0.250 e. The van der Waals surface area contributed by atoms with E-state index in [9.17, 15) is 9.59 Å². The van der Waals surface area contributed by atoms with E-state index in [4.69, 9.17) is 0 Å². The molecule has 0 saturated carbocycles. The zero-order valence-electron chi connectivity index (χ0n) is 15.6. The lowest BCUT2D eigenvalue weighted by molar-refractivity contribution is -0.129. The topological polar surface area (TPSA) is 78.7 Å². The van der Waals surface area contributed by atoms with Crippen LogP contribution >= 0.6 is 24.0 Å². The molecule has 2 rings (SSSR count). The lowest BCUT2D eigenvalue weighted by Crippen LogP contribution is -2.45. The summed E-state index contributed by atoms with van der Waals surface area (Å²) in [6.45, 7) is 4.97. The normalized spacial score (nSPS) is 16.9. The third kappa shape index (κ3) is 6.97. The van der Waals surface area contributed by atoms with Crippen molar-refractivity contribution in [3.05, 3.63) is 34.7 Å². The molecule has 2 N–H and O–H groups in total. The highest BCUT2D eigenvalue weighted by Gasteiger charge is 2.25.